The van der Waals surface area contributed by atoms with Crippen LogP contribution in [-0.4, -0.2) is 21.8 Å². The number of nitrogens with zero attached hydrogens (tertiary/aromatic N) is 1. The van der Waals surface area contributed by atoms with Crippen molar-refractivity contribution < 1.29 is 9.59 Å². The Morgan fingerprint density at radius 2 is 1.80 bits per heavy atom. The lowest BCUT2D eigenvalue weighted by Crippen LogP contribution is -2.36. The first-order valence-corrected chi connectivity index (χ1v) is 9.68. The smallest absolute Gasteiger partial charge is 0.258 e. The van der Waals surface area contributed by atoms with Crippen LogP contribution >= 0.6 is 23.2 Å². The van der Waals surface area contributed by atoms with Crippen LogP contribution in [0.5, 0.6) is 0 Å². The summed E-state index contributed by atoms with van der Waals surface area (Å²) in [7, 11) is 0. The van der Waals surface area contributed by atoms with Gasteiger partial charge in [0.2, 0.25) is 17.8 Å². The minimum atomic E-state index is -0.985. The summed E-state index contributed by atoms with van der Waals surface area (Å²) in [5.74, 6) is -1.74. The van der Waals surface area contributed by atoms with Gasteiger partial charge in [-0.1, -0.05) is 29.3 Å². The van der Waals surface area contributed by atoms with Crippen LogP contribution in [0.1, 0.15) is 17.9 Å². The molecule has 3 aromatic rings. The monoisotopic (exact) mass is 443 g/mol. The van der Waals surface area contributed by atoms with Crippen LogP contribution in [0, 0.1) is 0 Å². The molecule has 1 unspecified atom stereocenters. The lowest BCUT2D eigenvalue weighted by atomic mass is 9.92. The van der Waals surface area contributed by atoms with Crippen molar-refractivity contribution in [3.05, 3.63) is 74.5 Å². The van der Waals surface area contributed by atoms with Gasteiger partial charge in [-0.3, -0.25) is 19.4 Å². The predicted octanol–water partition coefficient (Wildman–Crippen LogP) is 3.88. The van der Waals surface area contributed by atoms with E-state index < -0.39 is 23.3 Å². The molecule has 8 nitrogen and oxygen atoms in total. The van der Waals surface area contributed by atoms with Gasteiger partial charge in [0.1, 0.15) is 5.82 Å². The fourth-order valence-electron chi connectivity index (χ4n) is 3.12. The molecule has 0 aliphatic carbocycles. The summed E-state index contributed by atoms with van der Waals surface area (Å²) in [5, 5.41) is 9.22. The number of amides is 2. The molecule has 4 rings (SSSR count). The van der Waals surface area contributed by atoms with Crippen molar-refractivity contribution >= 4 is 58.2 Å². The van der Waals surface area contributed by atoms with E-state index in [1.165, 1.54) is 0 Å². The van der Waals surface area contributed by atoms with Gasteiger partial charge in [0.05, 0.1) is 11.5 Å². The van der Waals surface area contributed by atoms with E-state index in [4.69, 9.17) is 23.2 Å². The summed E-state index contributed by atoms with van der Waals surface area (Å²) in [6, 6.07) is 13.4. The van der Waals surface area contributed by atoms with E-state index in [9.17, 15) is 14.4 Å². The maximum absolute atomic E-state index is 12.8. The number of H-pyrrole nitrogens is 1. The van der Waals surface area contributed by atoms with Gasteiger partial charge in [0.25, 0.3) is 5.56 Å². The highest BCUT2D eigenvalue weighted by atomic mass is 35.5. The molecule has 4 N–H and O–H groups in total. The molecule has 2 aromatic carbocycles. The van der Waals surface area contributed by atoms with Crippen LogP contribution < -0.4 is 21.5 Å². The Kier molecular flexibility index (Phi) is 5.43. The topological polar surface area (TPSA) is 116 Å². The molecule has 0 saturated heterocycles. The largest absolute Gasteiger partial charge is 0.326 e. The number of fused-ring (bicyclic) bond motifs is 1. The molecular weight excluding hydrogens is 429 g/mol. The molecule has 152 valence electrons. The number of rotatable bonds is 4. The van der Waals surface area contributed by atoms with Crippen LogP contribution in [0.4, 0.5) is 23.1 Å². The van der Waals surface area contributed by atoms with Crippen molar-refractivity contribution in [2.45, 2.75) is 12.3 Å². The lowest BCUT2D eigenvalue weighted by Gasteiger charge is -2.23. The molecule has 0 bridgehead atoms. The summed E-state index contributed by atoms with van der Waals surface area (Å²) in [4.78, 5) is 44.6. The second-order valence-electron chi connectivity index (χ2n) is 6.61. The van der Waals surface area contributed by atoms with Gasteiger partial charge < -0.3 is 16.0 Å². The van der Waals surface area contributed by atoms with Crippen molar-refractivity contribution in [3.8, 4) is 0 Å². The second-order valence-corrected chi connectivity index (χ2v) is 7.49. The molecule has 10 heteroatoms. The van der Waals surface area contributed by atoms with E-state index in [0.717, 1.165) is 0 Å². The predicted molar refractivity (Wildman–Crippen MR) is 116 cm³/mol. The molecule has 2 amide bonds. The van der Waals surface area contributed by atoms with Crippen molar-refractivity contribution in [1.82, 2.24) is 9.97 Å². The SMILES string of the molecule is O=C1CC(C(=O)Nc2ccc(Cl)cc2)c2c(nc(Nc3cccc(Cl)c3)[nH]c2=O)N1. The molecule has 1 aliphatic heterocycles. The molecule has 1 aliphatic rings. The van der Waals surface area contributed by atoms with E-state index in [-0.39, 0.29) is 23.8 Å². The number of aromatic nitrogens is 2. The molecule has 0 saturated carbocycles. The van der Waals surface area contributed by atoms with Crippen LogP contribution in [-0.2, 0) is 9.59 Å². The minimum Gasteiger partial charge on any atom is -0.326 e. The highest BCUT2D eigenvalue weighted by Crippen LogP contribution is 2.30. The number of anilines is 4. The first-order valence-electron chi connectivity index (χ1n) is 8.92. The third kappa shape index (κ3) is 4.29. The fourth-order valence-corrected chi connectivity index (χ4v) is 3.44. The Morgan fingerprint density at radius 3 is 2.53 bits per heavy atom. The summed E-state index contributed by atoms with van der Waals surface area (Å²) in [5.41, 5.74) is 0.670. The first-order chi connectivity index (χ1) is 14.4. The molecule has 1 aromatic heterocycles. The molecule has 0 spiro atoms. The zero-order valence-electron chi connectivity index (χ0n) is 15.3. The molecule has 0 radical (unpaired) electrons. The molecule has 2 heterocycles. The average Bonchev–Trinajstić information content (AvgIpc) is 2.68. The Balaban J connectivity index is 1.63. The number of carbonyl (C=O) groups excluding carboxylic acids is 2. The maximum atomic E-state index is 12.8. The highest BCUT2D eigenvalue weighted by molar-refractivity contribution is 6.31. The van der Waals surface area contributed by atoms with Crippen molar-refractivity contribution in [1.29, 1.82) is 0 Å². The number of nitrogens with one attached hydrogen (secondary N) is 4. The summed E-state index contributed by atoms with van der Waals surface area (Å²) in [6.07, 6.45) is -0.168. The molecular formula is C20H15Cl2N5O3. The highest BCUT2D eigenvalue weighted by Gasteiger charge is 2.34. The number of carbonyl (C=O) groups is 2. The van der Waals surface area contributed by atoms with E-state index in [1.807, 2.05) is 0 Å². The Labute approximate surface area is 180 Å². The van der Waals surface area contributed by atoms with Crippen LogP contribution in [0.25, 0.3) is 0 Å². The molecule has 0 fully saturated rings. The van der Waals surface area contributed by atoms with Gasteiger partial charge in [-0.2, -0.15) is 4.98 Å². The Hall–Kier alpha value is -3.36. The third-order valence-electron chi connectivity index (χ3n) is 4.47. The van der Waals surface area contributed by atoms with Gasteiger partial charge in [-0.25, -0.2) is 0 Å². The van der Waals surface area contributed by atoms with Gasteiger partial charge in [0.15, 0.2) is 0 Å². The van der Waals surface area contributed by atoms with Crippen molar-refractivity contribution in [3.63, 3.8) is 0 Å². The van der Waals surface area contributed by atoms with Gasteiger partial charge >= 0.3 is 0 Å². The fraction of sp³-hybridized carbons (Fsp3) is 0.100. The zero-order chi connectivity index (χ0) is 21.3. The van der Waals surface area contributed by atoms with E-state index in [1.54, 1.807) is 48.5 Å². The Bertz CT molecular complexity index is 1190. The summed E-state index contributed by atoms with van der Waals surface area (Å²) in [6.45, 7) is 0. The van der Waals surface area contributed by atoms with E-state index >= 15 is 0 Å². The quantitative estimate of drug-likeness (QED) is 0.488. The van der Waals surface area contributed by atoms with E-state index in [0.29, 0.717) is 21.4 Å². The summed E-state index contributed by atoms with van der Waals surface area (Å²) >= 11 is 11.8. The van der Waals surface area contributed by atoms with Gasteiger partial charge in [-0.15, -0.1) is 0 Å². The molecule has 30 heavy (non-hydrogen) atoms. The van der Waals surface area contributed by atoms with E-state index in [2.05, 4.69) is 25.9 Å². The maximum Gasteiger partial charge on any atom is 0.258 e. The number of aromatic amines is 1. The van der Waals surface area contributed by atoms with Crippen LogP contribution in [0.15, 0.2) is 53.3 Å². The normalized spacial score (nSPS) is 15.1. The third-order valence-corrected chi connectivity index (χ3v) is 4.95. The number of hydrogen-bond acceptors (Lipinski definition) is 5. The van der Waals surface area contributed by atoms with Crippen LogP contribution in [0.2, 0.25) is 10.0 Å². The van der Waals surface area contributed by atoms with Gasteiger partial charge in [0, 0.05) is 27.8 Å². The standard InChI is InChI=1S/C20H15Cl2N5O3/c21-10-4-6-12(7-5-10)23-18(29)14-9-15(28)25-17-16(14)19(30)27-20(26-17)24-13-3-1-2-11(22)8-13/h1-8,14H,9H2,(H,23,29)(H3,24,25,26,27,28,30). The second kappa shape index (κ2) is 8.17. The van der Waals surface area contributed by atoms with Crippen molar-refractivity contribution in [2.75, 3.05) is 16.0 Å². The summed E-state index contributed by atoms with van der Waals surface area (Å²) < 4.78 is 0. The van der Waals surface area contributed by atoms with Crippen LogP contribution in [0.3, 0.4) is 0 Å². The lowest BCUT2D eigenvalue weighted by molar-refractivity contribution is -0.123. The first kappa shape index (κ1) is 19.9. The number of hydrogen-bond donors (Lipinski definition) is 4. The Morgan fingerprint density at radius 1 is 1.03 bits per heavy atom. The minimum absolute atomic E-state index is 0.0378. The average molecular weight is 444 g/mol. The molecule has 1 atom stereocenters. The van der Waals surface area contributed by atoms with Gasteiger partial charge in [-0.05, 0) is 42.5 Å². The van der Waals surface area contributed by atoms with Crippen molar-refractivity contribution in [2.24, 2.45) is 0 Å². The number of halogens is 2. The number of benzene rings is 2. The zero-order valence-corrected chi connectivity index (χ0v) is 16.8.